The zero-order chi connectivity index (χ0) is 22.4. The van der Waals surface area contributed by atoms with Crippen molar-refractivity contribution in [3.8, 4) is 11.4 Å². The van der Waals surface area contributed by atoms with E-state index in [0.29, 0.717) is 28.8 Å². The van der Waals surface area contributed by atoms with Crippen LogP contribution in [0.15, 0.2) is 53.7 Å². The van der Waals surface area contributed by atoms with Gasteiger partial charge in [-0.15, -0.1) is 10.2 Å². The molecule has 0 radical (unpaired) electrons. The molecule has 160 valence electrons. The summed E-state index contributed by atoms with van der Waals surface area (Å²) in [5.41, 5.74) is 1.78. The molecule has 0 atom stereocenters. The lowest BCUT2D eigenvalue weighted by Crippen LogP contribution is -2.14. The zero-order valence-corrected chi connectivity index (χ0v) is 17.7. The average molecular weight is 440 g/mol. The third-order valence-electron chi connectivity index (χ3n) is 4.26. The highest BCUT2D eigenvalue weighted by Crippen LogP contribution is 2.24. The van der Waals surface area contributed by atoms with E-state index in [1.54, 1.807) is 36.7 Å². The van der Waals surface area contributed by atoms with Crippen LogP contribution < -0.4 is 10.6 Å². The second-order valence-electron chi connectivity index (χ2n) is 6.49. The topological polar surface area (TPSA) is 132 Å². The van der Waals surface area contributed by atoms with Gasteiger partial charge in [0.05, 0.1) is 10.7 Å². The second-order valence-corrected chi connectivity index (χ2v) is 7.43. The molecule has 0 bridgehead atoms. The predicted molar refractivity (Wildman–Crippen MR) is 118 cm³/mol. The quantitative estimate of drug-likeness (QED) is 0.311. The van der Waals surface area contributed by atoms with Crippen molar-refractivity contribution in [1.82, 2.24) is 14.8 Å². The van der Waals surface area contributed by atoms with E-state index >= 15 is 0 Å². The summed E-state index contributed by atoms with van der Waals surface area (Å²) in [6, 6.07) is 13.0. The minimum Gasteiger partial charge on any atom is -0.326 e. The van der Waals surface area contributed by atoms with Gasteiger partial charge in [0.25, 0.3) is 5.69 Å². The third-order valence-corrected chi connectivity index (χ3v) is 5.28. The highest BCUT2D eigenvalue weighted by atomic mass is 32.2. The summed E-state index contributed by atoms with van der Waals surface area (Å²) < 4.78 is 1.77. The van der Waals surface area contributed by atoms with E-state index in [2.05, 4.69) is 20.8 Å². The molecule has 2 aromatic carbocycles. The molecular weight excluding hydrogens is 420 g/mol. The van der Waals surface area contributed by atoms with E-state index in [9.17, 15) is 19.7 Å². The Bertz CT molecular complexity index is 1110. The fourth-order valence-corrected chi connectivity index (χ4v) is 3.38. The summed E-state index contributed by atoms with van der Waals surface area (Å²) in [6.07, 6.45) is 0.403. The second kappa shape index (κ2) is 9.85. The molecule has 0 aliphatic heterocycles. The molecule has 0 fully saturated rings. The normalized spacial score (nSPS) is 10.5. The van der Waals surface area contributed by atoms with Crippen molar-refractivity contribution in [2.45, 2.75) is 18.5 Å². The molecule has 0 aliphatic rings. The number of nitrogens with zero attached hydrogens (tertiary/aromatic N) is 4. The maximum absolute atomic E-state index is 12.2. The number of benzene rings is 2. The first-order valence-corrected chi connectivity index (χ1v) is 10.3. The monoisotopic (exact) mass is 440 g/mol. The van der Waals surface area contributed by atoms with E-state index in [4.69, 9.17) is 0 Å². The number of non-ortho nitro benzene ring substituents is 1. The van der Waals surface area contributed by atoms with E-state index in [-0.39, 0.29) is 23.3 Å². The van der Waals surface area contributed by atoms with Gasteiger partial charge in [0.2, 0.25) is 11.8 Å². The Balaban J connectivity index is 1.61. The first-order chi connectivity index (χ1) is 14.9. The molecule has 0 aliphatic carbocycles. The number of rotatable bonds is 8. The number of carbonyl (C=O) groups excluding carboxylic acids is 2. The van der Waals surface area contributed by atoms with Crippen LogP contribution in [0.25, 0.3) is 11.4 Å². The van der Waals surface area contributed by atoms with Gasteiger partial charge in [-0.25, -0.2) is 0 Å². The van der Waals surface area contributed by atoms with Crippen LogP contribution in [0.1, 0.15) is 13.3 Å². The van der Waals surface area contributed by atoms with Crippen LogP contribution in [-0.2, 0) is 16.6 Å². The van der Waals surface area contributed by atoms with E-state index < -0.39 is 4.92 Å². The van der Waals surface area contributed by atoms with Crippen LogP contribution in [0.5, 0.6) is 0 Å². The number of amides is 2. The SMILES string of the molecule is CCC(=O)Nc1ccc(-c2nnc(SCC(=O)Nc3cccc([N+](=O)[O-])c3)n2C)cc1. The summed E-state index contributed by atoms with van der Waals surface area (Å²) in [7, 11) is 1.79. The van der Waals surface area contributed by atoms with Crippen molar-refractivity contribution in [2.24, 2.45) is 7.05 Å². The number of anilines is 2. The first kappa shape index (κ1) is 22.0. The summed E-state index contributed by atoms with van der Waals surface area (Å²) in [5, 5.41) is 25.1. The van der Waals surface area contributed by atoms with Crippen molar-refractivity contribution in [2.75, 3.05) is 16.4 Å². The fraction of sp³-hybridized carbons (Fsp3) is 0.200. The maximum atomic E-state index is 12.2. The van der Waals surface area contributed by atoms with E-state index in [0.717, 1.165) is 5.56 Å². The molecular formula is C20H20N6O4S. The molecule has 0 saturated carbocycles. The van der Waals surface area contributed by atoms with E-state index in [1.165, 1.54) is 30.0 Å². The Labute approximate surface area is 182 Å². The minimum absolute atomic E-state index is 0.0616. The van der Waals surface area contributed by atoms with Crippen LogP contribution in [-0.4, -0.2) is 37.3 Å². The Morgan fingerprint density at radius 1 is 1.06 bits per heavy atom. The zero-order valence-electron chi connectivity index (χ0n) is 16.9. The van der Waals surface area contributed by atoms with Gasteiger partial charge in [0.15, 0.2) is 11.0 Å². The smallest absolute Gasteiger partial charge is 0.271 e. The van der Waals surface area contributed by atoms with Crippen molar-refractivity contribution >= 4 is 40.6 Å². The van der Waals surface area contributed by atoms with Crippen molar-refractivity contribution in [1.29, 1.82) is 0 Å². The molecule has 1 heterocycles. The predicted octanol–water partition coefficient (Wildman–Crippen LogP) is 3.47. The van der Waals surface area contributed by atoms with Crippen LogP contribution in [0, 0.1) is 10.1 Å². The van der Waals surface area contributed by atoms with Gasteiger partial charge < -0.3 is 15.2 Å². The molecule has 0 spiro atoms. The largest absolute Gasteiger partial charge is 0.326 e. The first-order valence-electron chi connectivity index (χ1n) is 9.34. The number of aromatic nitrogens is 3. The lowest BCUT2D eigenvalue weighted by atomic mass is 10.2. The van der Waals surface area contributed by atoms with Crippen LogP contribution >= 0.6 is 11.8 Å². The molecule has 2 N–H and O–H groups in total. The molecule has 2 amide bonds. The van der Waals surface area contributed by atoms with Gasteiger partial charge in [-0.05, 0) is 30.3 Å². The Kier molecular flexibility index (Phi) is 6.98. The van der Waals surface area contributed by atoms with Crippen LogP contribution in [0.2, 0.25) is 0 Å². The minimum atomic E-state index is -0.518. The maximum Gasteiger partial charge on any atom is 0.271 e. The lowest BCUT2D eigenvalue weighted by molar-refractivity contribution is -0.384. The number of hydrogen-bond acceptors (Lipinski definition) is 7. The Morgan fingerprint density at radius 3 is 2.45 bits per heavy atom. The standard InChI is InChI=1S/C20H20N6O4S/c1-3-17(27)21-14-9-7-13(8-10-14)19-23-24-20(25(19)2)31-12-18(28)22-15-5-4-6-16(11-15)26(29)30/h4-11H,3,12H2,1-2H3,(H,21,27)(H,22,28). The molecule has 3 rings (SSSR count). The number of nitro groups is 1. The van der Waals surface area contributed by atoms with Gasteiger partial charge in [-0.2, -0.15) is 0 Å². The van der Waals surface area contributed by atoms with Gasteiger partial charge in [-0.3, -0.25) is 19.7 Å². The van der Waals surface area contributed by atoms with Gasteiger partial charge >= 0.3 is 0 Å². The molecule has 31 heavy (non-hydrogen) atoms. The van der Waals surface area contributed by atoms with Gasteiger partial charge in [-0.1, -0.05) is 24.8 Å². The molecule has 0 unspecified atom stereocenters. The highest BCUT2D eigenvalue weighted by molar-refractivity contribution is 7.99. The molecule has 3 aromatic rings. The molecule has 10 nitrogen and oxygen atoms in total. The fourth-order valence-electron chi connectivity index (χ4n) is 2.67. The summed E-state index contributed by atoms with van der Waals surface area (Å²) >= 11 is 1.20. The molecule has 1 aromatic heterocycles. The number of nitrogens with one attached hydrogen (secondary N) is 2. The summed E-state index contributed by atoms with van der Waals surface area (Å²) in [5.74, 6) is 0.311. The average Bonchev–Trinajstić information content (AvgIpc) is 3.13. The third kappa shape index (κ3) is 5.66. The van der Waals surface area contributed by atoms with Crippen LogP contribution in [0.4, 0.5) is 17.1 Å². The Morgan fingerprint density at radius 2 is 1.77 bits per heavy atom. The van der Waals surface area contributed by atoms with Crippen LogP contribution in [0.3, 0.4) is 0 Å². The number of hydrogen-bond donors (Lipinski definition) is 2. The van der Waals surface area contributed by atoms with Gasteiger partial charge in [0, 0.05) is 42.5 Å². The number of nitro benzene ring substituents is 1. The van der Waals surface area contributed by atoms with E-state index in [1.807, 2.05) is 12.1 Å². The van der Waals surface area contributed by atoms with Crippen molar-refractivity contribution in [3.05, 3.63) is 58.6 Å². The van der Waals surface area contributed by atoms with Gasteiger partial charge in [0.1, 0.15) is 0 Å². The highest BCUT2D eigenvalue weighted by Gasteiger charge is 2.14. The lowest BCUT2D eigenvalue weighted by Gasteiger charge is -2.07. The molecule has 11 heteroatoms. The van der Waals surface area contributed by atoms with Crippen molar-refractivity contribution < 1.29 is 14.5 Å². The summed E-state index contributed by atoms with van der Waals surface area (Å²) in [4.78, 5) is 34.0. The number of carbonyl (C=O) groups is 2. The Hall–Kier alpha value is -3.73. The van der Waals surface area contributed by atoms with Crippen molar-refractivity contribution in [3.63, 3.8) is 0 Å². The molecule has 0 saturated heterocycles. The number of thioether (sulfide) groups is 1. The summed E-state index contributed by atoms with van der Waals surface area (Å²) in [6.45, 7) is 1.78.